The van der Waals surface area contributed by atoms with Crippen LogP contribution in [0.5, 0.6) is 0 Å². The van der Waals surface area contributed by atoms with Gasteiger partial charge < -0.3 is 21.3 Å². The number of likely N-dealkylation sites (tertiary alicyclic amines) is 1. The van der Waals surface area contributed by atoms with E-state index in [1.807, 2.05) is 24.3 Å². The maximum atomic E-state index is 12.7. The van der Waals surface area contributed by atoms with Crippen molar-refractivity contribution in [3.63, 3.8) is 0 Å². The topological polar surface area (TPSA) is 143 Å². The minimum atomic E-state index is -0.947. The van der Waals surface area contributed by atoms with Crippen LogP contribution >= 0.6 is 0 Å². The number of urea groups is 1. The van der Waals surface area contributed by atoms with Crippen LogP contribution < -0.4 is 22.5 Å². The first-order valence-corrected chi connectivity index (χ1v) is 13.1. The van der Waals surface area contributed by atoms with Crippen molar-refractivity contribution >= 4 is 17.8 Å². The number of aromatic nitrogens is 2. The van der Waals surface area contributed by atoms with Crippen LogP contribution in [-0.4, -0.2) is 87.0 Å². The Balaban J connectivity index is 1.33. The number of nitrogens with zero attached hydrogens (tertiary/aromatic N) is 5. The van der Waals surface area contributed by atoms with Gasteiger partial charge in [-0.3, -0.25) is 19.6 Å². The summed E-state index contributed by atoms with van der Waals surface area (Å²) in [7, 11) is 0. The van der Waals surface area contributed by atoms with Gasteiger partial charge in [-0.2, -0.15) is 4.98 Å². The summed E-state index contributed by atoms with van der Waals surface area (Å²) < 4.78 is 1.45. The van der Waals surface area contributed by atoms with Gasteiger partial charge in [0, 0.05) is 58.1 Å². The lowest BCUT2D eigenvalue weighted by Crippen LogP contribution is -2.58. The van der Waals surface area contributed by atoms with Gasteiger partial charge in [-0.1, -0.05) is 26.0 Å². The summed E-state index contributed by atoms with van der Waals surface area (Å²) >= 11 is 0. The summed E-state index contributed by atoms with van der Waals surface area (Å²) in [5, 5.41) is 2.69. The average Bonchev–Trinajstić information content (AvgIpc) is 2.86. The van der Waals surface area contributed by atoms with Crippen molar-refractivity contribution in [2.24, 2.45) is 16.9 Å². The number of hydrogen-bond donors (Lipinski definition) is 3. The zero-order valence-corrected chi connectivity index (χ0v) is 22.8. The van der Waals surface area contributed by atoms with Crippen LogP contribution in [-0.2, 0) is 11.3 Å². The molecule has 1 unspecified atom stereocenters. The Hall–Kier alpha value is -3.28. The van der Waals surface area contributed by atoms with Gasteiger partial charge in [0.05, 0.1) is 11.2 Å². The molecule has 1 aromatic carbocycles. The molecule has 0 aliphatic carbocycles. The molecule has 11 nitrogen and oxygen atoms in total. The second-order valence-electron chi connectivity index (χ2n) is 11.7. The molecule has 0 saturated carbocycles. The summed E-state index contributed by atoms with van der Waals surface area (Å²) in [4.78, 5) is 47.5. The van der Waals surface area contributed by atoms with Crippen LogP contribution in [0.15, 0.2) is 41.3 Å². The van der Waals surface area contributed by atoms with Gasteiger partial charge in [0.25, 0.3) is 0 Å². The highest BCUT2D eigenvalue weighted by Crippen LogP contribution is 2.28. The first-order chi connectivity index (χ1) is 17.8. The Morgan fingerprint density at radius 2 is 1.68 bits per heavy atom. The van der Waals surface area contributed by atoms with Gasteiger partial charge in [0.2, 0.25) is 5.91 Å². The number of nitrogens with two attached hydrogens (primary N) is 2. The van der Waals surface area contributed by atoms with E-state index in [9.17, 15) is 14.4 Å². The normalized spacial score (nSPS) is 20.3. The summed E-state index contributed by atoms with van der Waals surface area (Å²) in [5.74, 6) is 0.0384. The van der Waals surface area contributed by atoms with Gasteiger partial charge in [0.1, 0.15) is 5.82 Å². The minimum absolute atomic E-state index is 0.0867. The predicted octanol–water partition coefficient (Wildman–Crippen LogP) is 1.21. The molecule has 1 atom stereocenters. The molecule has 3 amide bonds. The maximum Gasteiger partial charge on any atom is 0.354 e. The van der Waals surface area contributed by atoms with Crippen molar-refractivity contribution in [1.82, 2.24) is 24.3 Å². The lowest BCUT2D eigenvalue weighted by molar-refractivity contribution is -0.137. The summed E-state index contributed by atoms with van der Waals surface area (Å²) in [6, 6.07) is 9.31. The van der Waals surface area contributed by atoms with Crippen LogP contribution in [0.4, 0.5) is 10.6 Å². The van der Waals surface area contributed by atoms with E-state index < -0.39 is 11.2 Å². The van der Waals surface area contributed by atoms with Crippen molar-refractivity contribution in [1.29, 1.82) is 0 Å². The minimum Gasteiger partial charge on any atom is -0.338 e. The van der Waals surface area contributed by atoms with Crippen LogP contribution in [0.3, 0.4) is 0 Å². The largest absolute Gasteiger partial charge is 0.354 e. The molecular formula is C27H40N8O3. The third-order valence-electron chi connectivity index (χ3n) is 7.46. The number of carbonyl (C=O) groups is 2. The molecule has 1 aromatic heterocycles. The number of nitrogens with one attached hydrogen (secondary N) is 1. The highest BCUT2D eigenvalue weighted by atomic mass is 16.2. The number of benzene rings is 1. The molecule has 2 aromatic rings. The highest BCUT2D eigenvalue weighted by Gasteiger charge is 2.33. The number of carbonyl (C=O) groups excluding carboxylic acids is 2. The quantitative estimate of drug-likeness (QED) is 0.533. The fourth-order valence-electron chi connectivity index (χ4n) is 5.02. The van der Waals surface area contributed by atoms with Crippen LogP contribution in [0, 0.1) is 5.41 Å². The molecule has 4 rings (SSSR count). The van der Waals surface area contributed by atoms with Gasteiger partial charge >= 0.3 is 11.7 Å². The number of amides is 3. The molecule has 2 saturated heterocycles. The lowest BCUT2D eigenvalue weighted by Gasteiger charge is -2.42. The molecule has 2 fully saturated rings. The first kappa shape index (κ1) is 27.7. The number of piperidine rings is 1. The van der Waals surface area contributed by atoms with Crippen molar-refractivity contribution in [3.8, 4) is 5.69 Å². The Bertz CT molecular complexity index is 1210. The van der Waals surface area contributed by atoms with E-state index in [4.69, 9.17) is 11.5 Å². The number of anilines is 1. The SMILES string of the molecule is CC(C)(N)C(=O)N1CCN(C(=O)Nc2ccn(-c3ccc(CN4CCC(N)C(C)(C)C4)cc3)c(=O)n2)CC1. The van der Waals surface area contributed by atoms with Crippen LogP contribution in [0.1, 0.15) is 39.7 Å². The standard InChI is InChI=1S/C27H40N8O3/c1-26(2)18-32(11-9-21(26)28)17-19-5-7-20(8-6-19)35-12-10-22(31-25(35)38)30-24(37)34-15-13-33(14-16-34)23(36)27(3,4)29/h5-8,10,12,21H,9,11,13-18,28-29H2,1-4H3,(H,30,31,37,38). The molecule has 206 valence electrons. The van der Waals surface area contributed by atoms with Gasteiger partial charge in [-0.25, -0.2) is 9.59 Å². The van der Waals surface area contributed by atoms with E-state index >= 15 is 0 Å². The smallest absolute Gasteiger partial charge is 0.338 e. The van der Waals surface area contributed by atoms with Crippen molar-refractivity contribution in [2.75, 3.05) is 44.6 Å². The number of hydrogen-bond acceptors (Lipinski definition) is 7. The molecule has 11 heteroatoms. The van der Waals surface area contributed by atoms with Crippen molar-refractivity contribution < 1.29 is 9.59 Å². The summed E-state index contributed by atoms with van der Waals surface area (Å²) in [6.07, 6.45) is 2.59. The Morgan fingerprint density at radius 1 is 1.05 bits per heavy atom. The Labute approximate surface area is 223 Å². The third-order valence-corrected chi connectivity index (χ3v) is 7.46. The van der Waals surface area contributed by atoms with Crippen molar-refractivity contribution in [3.05, 3.63) is 52.6 Å². The lowest BCUT2D eigenvalue weighted by atomic mass is 9.79. The second-order valence-corrected chi connectivity index (χ2v) is 11.7. The van der Waals surface area contributed by atoms with E-state index in [1.165, 1.54) is 10.1 Å². The first-order valence-electron chi connectivity index (χ1n) is 13.1. The fraction of sp³-hybridized carbons (Fsp3) is 0.556. The molecule has 2 aliphatic rings. The molecule has 3 heterocycles. The van der Waals surface area contributed by atoms with Crippen LogP contribution in [0.25, 0.3) is 5.69 Å². The molecule has 0 bridgehead atoms. The van der Waals surface area contributed by atoms with E-state index in [2.05, 4.69) is 29.0 Å². The van der Waals surface area contributed by atoms with Crippen LogP contribution in [0.2, 0.25) is 0 Å². The zero-order valence-electron chi connectivity index (χ0n) is 22.8. The van der Waals surface area contributed by atoms with E-state index in [0.29, 0.717) is 31.9 Å². The highest BCUT2D eigenvalue weighted by molar-refractivity contribution is 5.89. The molecular weight excluding hydrogens is 484 g/mol. The van der Waals surface area contributed by atoms with E-state index in [1.54, 1.807) is 35.9 Å². The average molecular weight is 525 g/mol. The van der Waals surface area contributed by atoms with Gasteiger partial charge in [-0.15, -0.1) is 0 Å². The monoisotopic (exact) mass is 524 g/mol. The second kappa shape index (κ2) is 10.8. The zero-order chi connectivity index (χ0) is 27.7. The molecule has 2 aliphatic heterocycles. The number of rotatable bonds is 5. The Kier molecular flexibility index (Phi) is 7.91. The molecule has 0 spiro atoms. The van der Waals surface area contributed by atoms with E-state index in [-0.39, 0.29) is 29.2 Å². The van der Waals surface area contributed by atoms with Gasteiger partial charge in [-0.05, 0) is 49.4 Å². The van der Waals surface area contributed by atoms with E-state index in [0.717, 1.165) is 26.1 Å². The van der Waals surface area contributed by atoms with Gasteiger partial charge in [0.15, 0.2) is 0 Å². The summed E-state index contributed by atoms with van der Waals surface area (Å²) in [6.45, 7) is 12.1. The van der Waals surface area contributed by atoms with Crippen molar-refractivity contribution in [2.45, 2.75) is 52.2 Å². The fourth-order valence-corrected chi connectivity index (χ4v) is 5.02. The molecule has 38 heavy (non-hydrogen) atoms. The predicted molar refractivity (Wildman–Crippen MR) is 147 cm³/mol. The summed E-state index contributed by atoms with van der Waals surface area (Å²) in [5.41, 5.74) is 12.7. The molecule has 5 N–H and O–H groups in total. The Morgan fingerprint density at radius 3 is 2.26 bits per heavy atom. The molecule has 0 radical (unpaired) electrons. The maximum absolute atomic E-state index is 12.7. The number of piperazine rings is 1. The third kappa shape index (κ3) is 6.40.